The van der Waals surface area contributed by atoms with E-state index >= 15 is 0 Å². The molecule has 4 aromatic rings. The molecule has 114 valence electrons. The molecular formula is C15H12FN7. The number of nitrogens with zero attached hydrogens (tertiary/aromatic N) is 6. The number of imidazole rings is 1. The van der Waals surface area contributed by atoms with E-state index in [0.717, 1.165) is 17.1 Å². The van der Waals surface area contributed by atoms with E-state index in [9.17, 15) is 4.39 Å². The van der Waals surface area contributed by atoms with Crippen LogP contribution in [-0.2, 0) is 7.05 Å². The summed E-state index contributed by atoms with van der Waals surface area (Å²) in [6.45, 7) is 0. The molecule has 0 fully saturated rings. The largest absolute Gasteiger partial charge is 0.342 e. The van der Waals surface area contributed by atoms with Crippen LogP contribution < -0.4 is 0 Å². The fraction of sp³-hybridized carbons (Fsp3) is 0.0667. The first kappa shape index (κ1) is 13.4. The molecule has 8 heteroatoms. The van der Waals surface area contributed by atoms with Gasteiger partial charge in [-0.2, -0.15) is 9.78 Å². The van der Waals surface area contributed by atoms with Crippen molar-refractivity contribution in [3.63, 3.8) is 0 Å². The Labute approximate surface area is 130 Å². The first-order valence-corrected chi connectivity index (χ1v) is 6.92. The number of nitrogens with one attached hydrogen (secondary N) is 1. The maximum absolute atomic E-state index is 13.1. The lowest BCUT2D eigenvalue weighted by Gasteiger charge is -2.03. The summed E-state index contributed by atoms with van der Waals surface area (Å²) in [7, 11) is 1.82. The van der Waals surface area contributed by atoms with Crippen molar-refractivity contribution < 1.29 is 4.39 Å². The van der Waals surface area contributed by atoms with Gasteiger partial charge in [-0.25, -0.2) is 14.4 Å². The van der Waals surface area contributed by atoms with Crippen molar-refractivity contribution in [2.75, 3.05) is 0 Å². The molecule has 3 aromatic heterocycles. The van der Waals surface area contributed by atoms with Crippen LogP contribution in [0.15, 0.2) is 49.1 Å². The number of benzene rings is 1. The molecule has 0 bridgehead atoms. The van der Waals surface area contributed by atoms with Crippen molar-refractivity contribution in [1.29, 1.82) is 0 Å². The van der Waals surface area contributed by atoms with Gasteiger partial charge >= 0.3 is 0 Å². The van der Waals surface area contributed by atoms with Gasteiger partial charge in [0.25, 0.3) is 0 Å². The normalized spacial score (nSPS) is 11.0. The molecule has 0 unspecified atom stereocenters. The van der Waals surface area contributed by atoms with E-state index in [4.69, 9.17) is 0 Å². The SMILES string of the molecule is Cn1nccc1-n1nc(-c2ccc(F)cc2)nc1-c1cnc[nH]1. The molecular weight excluding hydrogens is 297 g/mol. The van der Waals surface area contributed by atoms with Crippen molar-refractivity contribution in [1.82, 2.24) is 34.5 Å². The molecule has 0 aliphatic carbocycles. The van der Waals surface area contributed by atoms with Gasteiger partial charge in [0, 0.05) is 18.7 Å². The molecule has 1 N–H and O–H groups in total. The van der Waals surface area contributed by atoms with Gasteiger partial charge in [-0.05, 0) is 24.3 Å². The number of aromatic nitrogens is 7. The third kappa shape index (κ3) is 2.30. The zero-order chi connectivity index (χ0) is 15.8. The summed E-state index contributed by atoms with van der Waals surface area (Å²) in [6, 6.07) is 7.90. The Morgan fingerprint density at radius 1 is 1.13 bits per heavy atom. The number of H-pyrrole nitrogens is 1. The molecule has 0 radical (unpaired) electrons. The van der Waals surface area contributed by atoms with Gasteiger partial charge in [-0.15, -0.1) is 5.10 Å². The number of hydrogen-bond acceptors (Lipinski definition) is 4. The van der Waals surface area contributed by atoms with E-state index in [1.807, 2.05) is 13.1 Å². The number of rotatable bonds is 3. The zero-order valence-electron chi connectivity index (χ0n) is 12.2. The minimum Gasteiger partial charge on any atom is -0.342 e. The van der Waals surface area contributed by atoms with Crippen molar-refractivity contribution in [3.05, 3.63) is 54.9 Å². The molecule has 0 spiro atoms. The molecule has 0 saturated carbocycles. The van der Waals surface area contributed by atoms with Crippen molar-refractivity contribution in [2.45, 2.75) is 0 Å². The second kappa shape index (κ2) is 5.16. The van der Waals surface area contributed by atoms with E-state index in [1.165, 1.54) is 12.1 Å². The van der Waals surface area contributed by atoms with Crippen LogP contribution in [0.4, 0.5) is 4.39 Å². The first-order chi connectivity index (χ1) is 11.2. The summed E-state index contributed by atoms with van der Waals surface area (Å²) in [5.41, 5.74) is 1.46. The molecule has 0 aliphatic heterocycles. The first-order valence-electron chi connectivity index (χ1n) is 6.92. The van der Waals surface area contributed by atoms with Crippen LogP contribution in [0, 0.1) is 5.82 Å². The van der Waals surface area contributed by atoms with Crippen LogP contribution in [0.5, 0.6) is 0 Å². The van der Waals surface area contributed by atoms with Gasteiger partial charge in [0.05, 0.1) is 18.7 Å². The Balaban J connectivity index is 1.90. The van der Waals surface area contributed by atoms with Crippen LogP contribution in [0.25, 0.3) is 28.7 Å². The maximum atomic E-state index is 13.1. The Morgan fingerprint density at radius 3 is 2.61 bits per heavy atom. The second-order valence-electron chi connectivity index (χ2n) is 4.96. The summed E-state index contributed by atoms with van der Waals surface area (Å²) in [5.74, 6) is 1.56. The molecule has 23 heavy (non-hydrogen) atoms. The monoisotopic (exact) mass is 309 g/mol. The Morgan fingerprint density at radius 2 is 1.96 bits per heavy atom. The average molecular weight is 309 g/mol. The van der Waals surface area contributed by atoms with E-state index in [1.54, 1.807) is 40.2 Å². The summed E-state index contributed by atoms with van der Waals surface area (Å²) >= 11 is 0. The number of hydrogen-bond donors (Lipinski definition) is 1. The molecule has 4 rings (SSSR count). The fourth-order valence-electron chi connectivity index (χ4n) is 2.32. The van der Waals surface area contributed by atoms with Gasteiger partial charge in [0.1, 0.15) is 11.5 Å². The average Bonchev–Trinajstić information content (AvgIpc) is 3.26. The molecule has 0 aliphatic rings. The van der Waals surface area contributed by atoms with Crippen molar-refractivity contribution >= 4 is 0 Å². The van der Waals surface area contributed by atoms with Crippen molar-refractivity contribution in [3.8, 4) is 28.7 Å². The summed E-state index contributed by atoms with van der Waals surface area (Å²) in [6.07, 6.45) is 4.94. The maximum Gasteiger partial charge on any atom is 0.183 e. The lowest BCUT2D eigenvalue weighted by atomic mass is 10.2. The standard InChI is InChI=1S/C15H12FN7/c1-22-13(6-7-19-22)23-15(12-8-17-9-18-12)20-14(21-23)10-2-4-11(16)5-3-10/h2-9H,1H3,(H,17,18). The highest BCUT2D eigenvalue weighted by Gasteiger charge is 2.17. The molecule has 3 heterocycles. The quantitative estimate of drug-likeness (QED) is 0.629. The minimum absolute atomic E-state index is 0.298. The highest BCUT2D eigenvalue weighted by atomic mass is 19.1. The van der Waals surface area contributed by atoms with Crippen LogP contribution in [-0.4, -0.2) is 34.5 Å². The van der Waals surface area contributed by atoms with Crippen LogP contribution in [0.1, 0.15) is 0 Å². The molecule has 7 nitrogen and oxygen atoms in total. The number of halogens is 1. The highest BCUT2D eigenvalue weighted by molar-refractivity contribution is 5.60. The Bertz CT molecular complexity index is 935. The molecule has 0 amide bonds. The topological polar surface area (TPSA) is 77.2 Å². The van der Waals surface area contributed by atoms with Crippen molar-refractivity contribution in [2.24, 2.45) is 7.05 Å². The lowest BCUT2D eigenvalue weighted by molar-refractivity contribution is 0.628. The van der Waals surface area contributed by atoms with Gasteiger partial charge < -0.3 is 4.98 Å². The number of aryl methyl sites for hydroxylation is 1. The second-order valence-corrected chi connectivity index (χ2v) is 4.96. The third-order valence-electron chi connectivity index (χ3n) is 3.46. The Hall–Kier alpha value is -3.29. The van der Waals surface area contributed by atoms with Crippen LogP contribution >= 0.6 is 0 Å². The van der Waals surface area contributed by atoms with E-state index in [-0.39, 0.29) is 5.82 Å². The van der Waals surface area contributed by atoms with Gasteiger partial charge in [-0.1, -0.05) is 0 Å². The minimum atomic E-state index is -0.298. The molecule has 0 saturated heterocycles. The van der Waals surface area contributed by atoms with Crippen LogP contribution in [0.3, 0.4) is 0 Å². The van der Waals surface area contributed by atoms with E-state index < -0.39 is 0 Å². The summed E-state index contributed by atoms with van der Waals surface area (Å²) in [5, 5.41) is 8.71. The summed E-state index contributed by atoms with van der Waals surface area (Å²) in [4.78, 5) is 11.6. The van der Waals surface area contributed by atoms with E-state index in [2.05, 4.69) is 25.1 Å². The van der Waals surface area contributed by atoms with Gasteiger partial charge in [-0.3, -0.25) is 4.68 Å². The molecule has 0 atom stereocenters. The number of aromatic amines is 1. The van der Waals surface area contributed by atoms with Crippen LogP contribution in [0.2, 0.25) is 0 Å². The van der Waals surface area contributed by atoms with Gasteiger partial charge in [0.15, 0.2) is 17.5 Å². The summed E-state index contributed by atoms with van der Waals surface area (Å²) < 4.78 is 16.5. The zero-order valence-corrected chi connectivity index (χ0v) is 12.2. The fourth-order valence-corrected chi connectivity index (χ4v) is 2.32. The predicted octanol–water partition coefficient (Wildman–Crippen LogP) is 2.20. The highest BCUT2D eigenvalue weighted by Crippen LogP contribution is 2.23. The van der Waals surface area contributed by atoms with E-state index in [0.29, 0.717) is 11.6 Å². The predicted molar refractivity (Wildman–Crippen MR) is 81.1 cm³/mol. The Kier molecular flexibility index (Phi) is 3.00. The molecule has 1 aromatic carbocycles. The van der Waals surface area contributed by atoms with Gasteiger partial charge in [0.2, 0.25) is 0 Å². The lowest BCUT2D eigenvalue weighted by Crippen LogP contribution is -2.06. The smallest absolute Gasteiger partial charge is 0.183 e. The third-order valence-corrected chi connectivity index (χ3v) is 3.46.